The summed E-state index contributed by atoms with van der Waals surface area (Å²) in [7, 11) is 0. The molecule has 0 bridgehead atoms. The number of hydrogen-bond donors (Lipinski definition) is 0. The molecule has 0 fully saturated rings. The van der Waals surface area contributed by atoms with E-state index in [1.807, 2.05) is 30.3 Å². The van der Waals surface area contributed by atoms with Crippen LogP contribution in [-0.2, 0) is 12.8 Å². The van der Waals surface area contributed by atoms with Crippen LogP contribution in [-0.4, -0.2) is 5.78 Å². The molecule has 0 N–H and O–H groups in total. The summed E-state index contributed by atoms with van der Waals surface area (Å²) in [6.45, 7) is 4.25. The Morgan fingerprint density at radius 3 is 2.32 bits per heavy atom. The van der Waals surface area contributed by atoms with E-state index in [2.05, 4.69) is 44.2 Å². The molecule has 0 atom stereocenters. The number of rotatable bonds is 4. The first-order valence-electron chi connectivity index (χ1n) is 7.88. The van der Waals surface area contributed by atoms with E-state index < -0.39 is 0 Å². The normalized spacial score (nSPS) is 10.8. The molecule has 3 aromatic carbocycles. The van der Waals surface area contributed by atoms with Crippen molar-refractivity contribution >= 4 is 16.6 Å². The van der Waals surface area contributed by atoms with Crippen molar-refractivity contribution in [1.29, 1.82) is 0 Å². The molecule has 0 aliphatic rings. The topological polar surface area (TPSA) is 17.1 Å². The van der Waals surface area contributed by atoms with Crippen LogP contribution in [0, 0.1) is 0 Å². The largest absolute Gasteiger partial charge is 0.289 e. The minimum atomic E-state index is 0.118. The fraction of sp³-hybridized carbons (Fsp3) is 0.190. The molecule has 0 saturated heterocycles. The van der Waals surface area contributed by atoms with Gasteiger partial charge in [-0.25, -0.2) is 0 Å². The maximum atomic E-state index is 13.0. The lowest BCUT2D eigenvalue weighted by atomic mass is 9.91. The van der Waals surface area contributed by atoms with Gasteiger partial charge in [-0.15, -0.1) is 0 Å². The van der Waals surface area contributed by atoms with Crippen molar-refractivity contribution in [2.45, 2.75) is 26.7 Å². The van der Waals surface area contributed by atoms with Gasteiger partial charge in [0.1, 0.15) is 0 Å². The predicted molar refractivity (Wildman–Crippen MR) is 92.6 cm³/mol. The molecule has 110 valence electrons. The zero-order valence-corrected chi connectivity index (χ0v) is 13.1. The summed E-state index contributed by atoms with van der Waals surface area (Å²) in [6.07, 6.45) is 1.87. The Morgan fingerprint density at radius 1 is 0.864 bits per heavy atom. The third-order valence-electron chi connectivity index (χ3n) is 4.22. The minimum absolute atomic E-state index is 0.118. The third-order valence-corrected chi connectivity index (χ3v) is 4.22. The summed E-state index contributed by atoms with van der Waals surface area (Å²) < 4.78 is 0. The Bertz CT molecular complexity index is 816. The number of aryl methyl sites for hydroxylation is 2. The van der Waals surface area contributed by atoms with Crippen molar-refractivity contribution < 1.29 is 4.79 Å². The molecule has 3 aromatic rings. The second kappa shape index (κ2) is 6.15. The van der Waals surface area contributed by atoms with E-state index in [0.29, 0.717) is 0 Å². The summed E-state index contributed by atoms with van der Waals surface area (Å²) in [5.74, 6) is 0.118. The smallest absolute Gasteiger partial charge is 0.193 e. The van der Waals surface area contributed by atoms with Crippen LogP contribution in [0.5, 0.6) is 0 Å². The molecule has 0 spiro atoms. The predicted octanol–water partition coefficient (Wildman–Crippen LogP) is 5.20. The van der Waals surface area contributed by atoms with Gasteiger partial charge in [-0.3, -0.25) is 4.79 Å². The Balaban J connectivity index is 2.24. The van der Waals surface area contributed by atoms with Crippen LogP contribution in [0.1, 0.15) is 40.9 Å². The van der Waals surface area contributed by atoms with E-state index >= 15 is 0 Å². The van der Waals surface area contributed by atoms with Crippen LogP contribution in [0.2, 0.25) is 0 Å². The first-order valence-corrected chi connectivity index (χ1v) is 7.88. The maximum Gasteiger partial charge on any atom is 0.193 e. The molecule has 0 aromatic heterocycles. The summed E-state index contributed by atoms with van der Waals surface area (Å²) in [6, 6.07) is 20.2. The molecular weight excluding hydrogens is 268 g/mol. The van der Waals surface area contributed by atoms with Gasteiger partial charge in [0, 0.05) is 11.1 Å². The highest BCUT2D eigenvalue weighted by Crippen LogP contribution is 2.27. The zero-order valence-electron chi connectivity index (χ0n) is 13.1. The number of benzene rings is 3. The number of ketones is 1. The molecule has 1 nitrogen and oxygen atoms in total. The highest BCUT2D eigenvalue weighted by molar-refractivity contribution is 6.17. The van der Waals surface area contributed by atoms with Crippen molar-refractivity contribution in [3.05, 3.63) is 82.9 Å². The molecule has 0 aliphatic heterocycles. The van der Waals surface area contributed by atoms with Crippen LogP contribution >= 0.6 is 0 Å². The average molecular weight is 288 g/mol. The summed E-state index contributed by atoms with van der Waals surface area (Å²) in [5.41, 5.74) is 4.03. The minimum Gasteiger partial charge on any atom is -0.289 e. The highest BCUT2D eigenvalue weighted by Gasteiger charge is 2.16. The summed E-state index contributed by atoms with van der Waals surface area (Å²) in [5, 5.41) is 2.21. The van der Waals surface area contributed by atoms with Crippen molar-refractivity contribution in [2.75, 3.05) is 0 Å². The molecule has 22 heavy (non-hydrogen) atoms. The Kier molecular flexibility index (Phi) is 4.06. The summed E-state index contributed by atoms with van der Waals surface area (Å²) >= 11 is 0. The average Bonchev–Trinajstić information content (AvgIpc) is 2.60. The maximum absolute atomic E-state index is 13.0. The summed E-state index contributed by atoms with van der Waals surface area (Å²) in [4.78, 5) is 13.0. The lowest BCUT2D eigenvalue weighted by Crippen LogP contribution is -2.06. The van der Waals surface area contributed by atoms with Gasteiger partial charge < -0.3 is 0 Å². The SMILES string of the molecule is CCc1ccc2c(C(=O)c3ccccc3)c(CC)ccc2c1. The number of hydrogen-bond acceptors (Lipinski definition) is 1. The molecule has 0 aliphatic carbocycles. The van der Waals surface area contributed by atoms with E-state index in [0.717, 1.165) is 40.3 Å². The number of fused-ring (bicyclic) bond motifs is 1. The van der Waals surface area contributed by atoms with Gasteiger partial charge in [0.25, 0.3) is 0 Å². The molecule has 0 saturated carbocycles. The van der Waals surface area contributed by atoms with Gasteiger partial charge in [0.2, 0.25) is 0 Å². The van der Waals surface area contributed by atoms with Gasteiger partial charge >= 0.3 is 0 Å². The molecular formula is C21H20O. The quantitative estimate of drug-likeness (QED) is 0.603. The monoisotopic (exact) mass is 288 g/mol. The van der Waals surface area contributed by atoms with Gasteiger partial charge in [-0.1, -0.05) is 74.5 Å². The van der Waals surface area contributed by atoms with Crippen molar-refractivity contribution in [3.8, 4) is 0 Å². The van der Waals surface area contributed by atoms with Crippen LogP contribution in [0.25, 0.3) is 10.8 Å². The van der Waals surface area contributed by atoms with Crippen LogP contribution in [0.4, 0.5) is 0 Å². The zero-order chi connectivity index (χ0) is 15.5. The van der Waals surface area contributed by atoms with Crippen molar-refractivity contribution in [2.24, 2.45) is 0 Å². The molecule has 0 amide bonds. The first-order chi connectivity index (χ1) is 10.7. The third kappa shape index (κ3) is 2.55. The van der Waals surface area contributed by atoms with Crippen molar-refractivity contribution in [1.82, 2.24) is 0 Å². The fourth-order valence-corrected chi connectivity index (χ4v) is 2.94. The van der Waals surface area contributed by atoms with Gasteiger partial charge in [0.05, 0.1) is 0 Å². The van der Waals surface area contributed by atoms with E-state index in [9.17, 15) is 4.79 Å². The molecule has 0 radical (unpaired) electrons. The van der Waals surface area contributed by atoms with Crippen LogP contribution in [0.3, 0.4) is 0 Å². The molecule has 0 unspecified atom stereocenters. The highest BCUT2D eigenvalue weighted by atomic mass is 16.1. The Labute approximate surface area is 131 Å². The molecule has 0 heterocycles. The lowest BCUT2D eigenvalue weighted by Gasteiger charge is -2.12. The van der Waals surface area contributed by atoms with Gasteiger partial charge in [-0.2, -0.15) is 0 Å². The number of carbonyl (C=O) groups is 1. The Morgan fingerprint density at radius 2 is 1.64 bits per heavy atom. The van der Waals surface area contributed by atoms with Crippen LogP contribution < -0.4 is 0 Å². The van der Waals surface area contributed by atoms with Crippen LogP contribution in [0.15, 0.2) is 60.7 Å². The fourth-order valence-electron chi connectivity index (χ4n) is 2.94. The Hall–Kier alpha value is -2.41. The second-order valence-corrected chi connectivity index (χ2v) is 5.56. The number of carbonyl (C=O) groups excluding carboxylic acids is 1. The molecule has 1 heteroatoms. The van der Waals surface area contributed by atoms with Crippen molar-refractivity contribution in [3.63, 3.8) is 0 Å². The van der Waals surface area contributed by atoms with Gasteiger partial charge in [-0.05, 0) is 34.7 Å². The second-order valence-electron chi connectivity index (χ2n) is 5.56. The van der Waals surface area contributed by atoms with E-state index in [1.54, 1.807) is 0 Å². The first kappa shape index (κ1) is 14.5. The molecule has 3 rings (SSSR count). The van der Waals surface area contributed by atoms with E-state index in [4.69, 9.17) is 0 Å². The standard InChI is InChI=1S/C21H20O/c1-3-15-10-13-19-18(14-15)12-11-16(4-2)20(19)21(22)17-8-6-5-7-9-17/h5-14H,3-4H2,1-2H3. The van der Waals surface area contributed by atoms with Gasteiger partial charge in [0.15, 0.2) is 5.78 Å². The lowest BCUT2D eigenvalue weighted by molar-refractivity contribution is 0.103. The van der Waals surface area contributed by atoms with E-state index in [-0.39, 0.29) is 5.78 Å². The van der Waals surface area contributed by atoms with E-state index in [1.165, 1.54) is 5.56 Å².